The molecular formula is C23H25N3O3S2. The summed E-state index contributed by atoms with van der Waals surface area (Å²) in [6.45, 7) is 6.01. The van der Waals surface area contributed by atoms with Gasteiger partial charge in [-0.15, -0.1) is 11.3 Å². The molecule has 2 heterocycles. The van der Waals surface area contributed by atoms with Crippen LogP contribution in [0.15, 0.2) is 46.3 Å². The van der Waals surface area contributed by atoms with Crippen molar-refractivity contribution < 1.29 is 9.59 Å². The van der Waals surface area contributed by atoms with Gasteiger partial charge >= 0.3 is 0 Å². The molecule has 0 atom stereocenters. The number of para-hydroxylation sites is 1. The minimum atomic E-state index is -0.448. The number of fused-ring (bicyclic) bond motifs is 1. The van der Waals surface area contributed by atoms with E-state index in [1.807, 2.05) is 45.0 Å². The molecule has 0 saturated heterocycles. The van der Waals surface area contributed by atoms with E-state index in [9.17, 15) is 14.4 Å². The maximum atomic E-state index is 12.9. The third-order valence-corrected chi connectivity index (χ3v) is 7.14. The molecule has 6 nitrogen and oxygen atoms in total. The van der Waals surface area contributed by atoms with Gasteiger partial charge in [0.15, 0.2) is 10.9 Å². The SMILES string of the molecule is CC(C)(C)C(=O)NCc1ccc(C(=O)CSc2nc3ccccc3c(=O)n2C2CC2)s1. The number of thiophene rings is 1. The number of thioether (sulfide) groups is 1. The van der Waals surface area contributed by atoms with Gasteiger partial charge in [0.2, 0.25) is 5.91 Å². The zero-order chi connectivity index (χ0) is 22.2. The Labute approximate surface area is 189 Å². The first-order chi connectivity index (χ1) is 14.7. The number of carbonyl (C=O) groups excluding carboxylic acids is 2. The monoisotopic (exact) mass is 455 g/mol. The van der Waals surface area contributed by atoms with E-state index in [-0.39, 0.29) is 29.0 Å². The second kappa shape index (κ2) is 8.59. The first kappa shape index (κ1) is 21.8. The fraction of sp³-hybridized carbons (Fsp3) is 0.391. The van der Waals surface area contributed by atoms with Crippen LogP contribution in [0, 0.1) is 5.41 Å². The minimum Gasteiger partial charge on any atom is -0.351 e. The molecule has 0 radical (unpaired) electrons. The smallest absolute Gasteiger partial charge is 0.262 e. The van der Waals surface area contributed by atoms with Crippen LogP contribution in [0.3, 0.4) is 0 Å². The van der Waals surface area contributed by atoms with Crippen LogP contribution in [0.1, 0.15) is 54.2 Å². The van der Waals surface area contributed by atoms with E-state index in [2.05, 4.69) is 10.3 Å². The number of nitrogens with zero attached hydrogens (tertiary/aromatic N) is 2. The van der Waals surface area contributed by atoms with Gasteiger partial charge < -0.3 is 5.32 Å². The van der Waals surface area contributed by atoms with E-state index in [4.69, 9.17) is 0 Å². The molecule has 4 rings (SSSR count). The topological polar surface area (TPSA) is 81.1 Å². The van der Waals surface area contributed by atoms with E-state index in [0.29, 0.717) is 27.5 Å². The number of ketones is 1. The second-order valence-electron chi connectivity index (χ2n) is 8.73. The van der Waals surface area contributed by atoms with Crippen LogP contribution in [-0.4, -0.2) is 27.0 Å². The standard InChI is InChI=1S/C23H25N3O3S2/c1-23(2,3)21(29)24-12-15-10-11-19(31-15)18(27)13-30-22-25-17-7-5-4-6-16(17)20(28)26(22)14-8-9-14/h4-7,10-11,14H,8-9,12-13H2,1-3H3,(H,24,29). The maximum Gasteiger partial charge on any atom is 0.262 e. The number of carbonyl (C=O) groups is 2. The van der Waals surface area contributed by atoms with Crippen molar-refractivity contribution in [1.29, 1.82) is 0 Å². The summed E-state index contributed by atoms with van der Waals surface area (Å²) in [5.74, 6) is 0.184. The summed E-state index contributed by atoms with van der Waals surface area (Å²) in [5.41, 5.74) is 0.180. The van der Waals surface area contributed by atoms with Gasteiger partial charge in [-0.05, 0) is 37.1 Å². The summed E-state index contributed by atoms with van der Waals surface area (Å²) in [6.07, 6.45) is 1.94. The Balaban J connectivity index is 1.45. The molecular weight excluding hydrogens is 430 g/mol. The van der Waals surface area contributed by atoms with E-state index in [0.717, 1.165) is 17.7 Å². The molecule has 0 spiro atoms. The van der Waals surface area contributed by atoms with Gasteiger partial charge in [-0.1, -0.05) is 44.7 Å². The Bertz CT molecular complexity index is 1200. The average molecular weight is 456 g/mol. The molecule has 3 aromatic rings. The number of nitrogens with one attached hydrogen (secondary N) is 1. The minimum absolute atomic E-state index is 0.00634. The van der Waals surface area contributed by atoms with Crippen LogP contribution in [0.4, 0.5) is 0 Å². The summed E-state index contributed by atoms with van der Waals surface area (Å²) < 4.78 is 1.75. The number of hydrogen-bond acceptors (Lipinski definition) is 6. The number of Topliss-reactive ketones (excluding diaryl/α,β-unsaturated/α-hetero) is 1. The van der Waals surface area contributed by atoms with Gasteiger partial charge in [-0.3, -0.25) is 19.0 Å². The summed E-state index contributed by atoms with van der Waals surface area (Å²) in [6, 6.07) is 11.2. The first-order valence-electron chi connectivity index (χ1n) is 10.3. The fourth-order valence-corrected chi connectivity index (χ4v) is 5.06. The zero-order valence-corrected chi connectivity index (χ0v) is 19.4. The van der Waals surface area contributed by atoms with Crippen LogP contribution in [-0.2, 0) is 11.3 Å². The molecule has 1 N–H and O–H groups in total. The Morgan fingerprint density at radius 3 is 2.65 bits per heavy atom. The van der Waals surface area contributed by atoms with Crippen LogP contribution < -0.4 is 10.9 Å². The number of benzene rings is 1. The molecule has 31 heavy (non-hydrogen) atoms. The van der Waals surface area contributed by atoms with Gasteiger partial charge in [0.1, 0.15) is 0 Å². The van der Waals surface area contributed by atoms with E-state index < -0.39 is 5.41 Å². The molecule has 1 fully saturated rings. The molecule has 2 aromatic heterocycles. The molecule has 0 aliphatic heterocycles. The fourth-order valence-electron chi connectivity index (χ4n) is 3.14. The van der Waals surface area contributed by atoms with Crippen LogP contribution in [0.25, 0.3) is 10.9 Å². The van der Waals surface area contributed by atoms with Crippen LogP contribution in [0.5, 0.6) is 0 Å². The Kier molecular flexibility index (Phi) is 6.03. The van der Waals surface area contributed by atoms with Crippen molar-refractivity contribution in [2.45, 2.75) is 51.4 Å². The predicted octanol–water partition coefficient (Wildman–Crippen LogP) is 4.43. The molecule has 162 valence electrons. The normalized spacial score (nSPS) is 14.0. The third-order valence-electron chi connectivity index (χ3n) is 5.06. The Morgan fingerprint density at radius 1 is 1.19 bits per heavy atom. The van der Waals surface area contributed by atoms with Crippen molar-refractivity contribution in [2.75, 3.05) is 5.75 Å². The molecule has 1 aliphatic carbocycles. The summed E-state index contributed by atoms with van der Waals surface area (Å²) in [5, 5.41) is 4.13. The molecule has 1 amide bonds. The lowest BCUT2D eigenvalue weighted by molar-refractivity contribution is -0.128. The number of hydrogen-bond donors (Lipinski definition) is 1. The number of amides is 1. The van der Waals surface area contributed by atoms with E-state index in [1.165, 1.54) is 23.1 Å². The van der Waals surface area contributed by atoms with Gasteiger partial charge in [-0.2, -0.15) is 0 Å². The number of rotatable bonds is 7. The summed E-state index contributed by atoms with van der Waals surface area (Å²) in [7, 11) is 0. The molecule has 0 unspecified atom stereocenters. The van der Waals surface area contributed by atoms with Gasteiger partial charge in [0.05, 0.1) is 28.1 Å². The highest BCUT2D eigenvalue weighted by Crippen LogP contribution is 2.37. The Hall–Kier alpha value is -2.45. The molecule has 1 aromatic carbocycles. The van der Waals surface area contributed by atoms with Gasteiger partial charge in [-0.25, -0.2) is 4.98 Å². The lowest BCUT2D eigenvalue weighted by atomic mass is 9.96. The Morgan fingerprint density at radius 2 is 1.94 bits per heavy atom. The molecule has 1 saturated carbocycles. The average Bonchev–Trinajstić information content (AvgIpc) is 3.45. The highest BCUT2D eigenvalue weighted by atomic mass is 32.2. The third kappa shape index (κ3) is 4.91. The van der Waals surface area contributed by atoms with Crippen molar-refractivity contribution in [3.05, 3.63) is 56.5 Å². The lowest BCUT2D eigenvalue weighted by Crippen LogP contribution is -2.34. The zero-order valence-electron chi connectivity index (χ0n) is 17.8. The van der Waals surface area contributed by atoms with E-state index in [1.54, 1.807) is 16.7 Å². The van der Waals surface area contributed by atoms with Gasteiger partial charge in [0, 0.05) is 16.3 Å². The van der Waals surface area contributed by atoms with Crippen molar-refractivity contribution in [3.63, 3.8) is 0 Å². The maximum absolute atomic E-state index is 12.9. The second-order valence-corrected chi connectivity index (χ2v) is 10.8. The largest absolute Gasteiger partial charge is 0.351 e. The van der Waals surface area contributed by atoms with Crippen LogP contribution >= 0.6 is 23.1 Å². The number of aromatic nitrogens is 2. The van der Waals surface area contributed by atoms with Gasteiger partial charge in [0.25, 0.3) is 5.56 Å². The van der Waals surface area contributed by atoms with Crippen molar-refractivity contribution in [2.24, 2.45) is 5.41 Å². The highest BCUT2D eigenvalue weighted by molar-refractivity contribution is 7.99. The molecule has 0 bridgehead atoms. The molecule has 1 aliphatic rings. The lowest BCUT2D eigenvalue weighted by Gasteiger charge is -2.17. The summed E-state index contributed by atoms with van der Waals surface area (Å²) >= 11 is 2.71. The van der Waals surface area contributed by atoms with Crippen molar-refractivity contribution >= 4 is 45.7 Å². The van der Waals surface area contributed by atoms with Crippen molar-refractivity contribution in [3.8, 4) is 0 Å². The molecule has 8 heteroatoms. The van der Waals surface area contributed by atoms with Crippen LogP contribution in [0.2, 0.25) is 0 Å². The van der Waals surface area contributed by atoms with E-state index >= 15 is 0 Å². The first-order valence-corrected chi connectivity index (χ1v) is 12.1. The quantitative estimate of drug-likeness (QED) is 0.324. The summed E-state index contributed by atoms with van der Waals surface area (Å²) in [4.78, 5) is 44.0. The highest BCUT2D eigenvalue weighted by Gasteiger charge is 2.29. The predicted molar refractivity (Wildman–Crippen MR) is 125 cm³/mol. The van der Waals surface area contributed by atoms with Crippen molar-refractivity contribution in [1.82, 2.24) is 14.9 Å².